The fraction of sp³-hybridized carbons (Fsp3) is 0.211. The van der Waals surface area contributed by atoms with E-state index < -0.39 is 0 Å². The molecule has 1 N–H and O–H groups in total. The lowest BCUT2D eigenvalue weighted by Gasteiger charge is -2.11. The molecule has 24 heavy (non-hydrogen) atoms. The van der Waals surface area contributed by atoms with Crippen LogP contribution in [0, 0.1) is 13.8 Å². The third kappa shape index (κ3) is 3.57. The Hall–Kier alpha value is -2.40. The van der Waals surface area contributed by atoms with Crippen molar-refractivity contribution in [3.05, 3.63) is 65.2 Å². The first-order valence-electron chi connectivity index (χ1n) is 7.80. The summed E-state index contributed by atoms with van der Waals surface area (Å²) < 4.78 is 0. The van der Waals surface area contributed by atoms with Crippen LogP contribution < -0.4 is 0 Å². The predicted octanol–water partition coefficient (Wildman–Crippen LogP) is 4.45. The third-order valence-corrected chi connectivity index (χ3v) is 4.78. The van der Waals surface area contributed by atoms with E-state index in [-0.39, 0.29) is 11.0 Å². The van der Waals surface area contributed by atoms with E-state index in [1.807, 2.05) is 69.3 Å². The minimum atomic E-state index is -0.245. The molecule has 0 unspecified atom stereocenters. The van der Waals surface area contributed by atoms with Gasteiger partial charge in [0.25, 0.3) is 0 Å². The maximum atomic E-state index is 12.7. The molecule has 122 valence electrons. The number of rotatable bonds is 5. The van der Waals surface area contributed by atoms with E-state index in [2.05, 4.69) is 15.2 Å². The number of H-pyrrole nitrogens is 1. The second-order valence-electron chi connectivity index (χ2n) is 5.78. The molecule has 0 bridgehead atoms. The third-order valence-electron chi connectivity index (χ3n) is 3.82. The van der Waals surface area contributed by atoms with Crippen molar-refractivity contribution in [3.8, 4) is 11.4 Å². The van der Waals surface area contributed by atoms with Crippen LogP contribution in [0.25, 0.3) is 11.4 Å². The van der Waals surface area contributed by atoms with Crippen molar-refractivity contribution in [1.29, 1.82) is 0 Å². The summed E-state index contributed by atoms with van der Waals surface area (Å²) in [5.41, 5.74) is 3.84. The Morgan fingerprint density at radius 1 is 1.12 bits per heavy atom. The van der Waals surface area contributed by atoms with Gasteiger partial charge in [-0.05, 0) is 32.4 Å². The van der Waals surface area contributed by atoms with Crippen LogP contribution in [0.5, 0.6) is 0 Å². The molecule has 3 aromatic rings. The van der Waals surface area contributed by atoms with Crippen molar-refractivity contribution in [2.75, 3.05) is 0 Å². The highest BCUT2D eigenvalue weighted by atomic mass is 32.2. The van der Waals surface area contributed by atoms with Gasteiger partial charge in [0.2, 0.25) is 5.16 Å². The first kappa shape index (κ1) is 16.5. The van der Waals surface area contributed by atoms with Gasteiger partial charge < -0.3 is 0 Å². The molecular weight excluding hydrogens is 318 g/mol. The van der Waals surface area contributed by atoms with Gasteiger partial charge in [-0.3, -0.25) is 9.89 Å². The van der Waals surface area contributed by atoms with Gasteiger partial charge in [0.15, 0.2) is 11.6 Å². The summed E-state index contributed by atoms with van der Waals surface area (Å²) in [7, 11) is 0. The zero-order valence-electron chi connectivity index (χ0n) is 13.9. The number of carbonyl (C=O) groups excluding carboxylic acids is 1. The number of nitrogens with zero attached hydrogens (tertiary/aromatic N) is 2. The van der Waals surface area contributed by atoms with E-state index in [0.717, 1.165) is 22.3 Å². The first-order chi connectivity index (χ1) is 11.5. The van der Waals surface area contributed by atoms with Crippen LogP contribution in [0.4, 0.5) is 0 Å². The van der Waals surface area contributed by atoms with E-state index in [1.54, 1.807) is 0 Å². The van der Waals surface area contributed by atoms with Gasteiger partial charge in [-0.25, -0.2) is 4.98 Å². The Balaban J connectivity index is 1.75. The zero-order valence-corrected chi connectivity index (χ0v) is 14.7. The number of aromatic amines is 1. The average Bonchev–Trinajstić information content (AvgIpc) is 3.05. The molecule has 0 aliphatic carbocycles. The van der Waals surface area contributed by atoms with E-state index in [0.29, 0.717) is 11.0 Å². The number of benzene rings is 2. The highest BCUT2D eigenvalue weighted by Crippen LogP contribution is 2.26. The van der Waals surface area contributed by atoms with Gasteiger partial charge in [0, 0.05) is 11.1 Å². The van der Waals surface area contributed by atoms with Crippen molar-refractivity contribution < 1.29 is 4.79 Å². The van der Waals surface area contributed by atoms with Crippen LogP contribution in [0.2, 0.25) is 0 Å². The number of hydrogen-bond donors (Lipinski definition) is 1. The smallest absolute Gasteiger partial charge is 0.209 e. The second kappa shape index (κ2) is 7.01. The van der Waals surface area contributed by atoms with E-state index in [9.17, 15) is 4.79 Å². The molecule has 0 amide bonds. The molecular formula is C19H19N3OS. The van der Waals surface area contributed by atoms with Crippen molar-refractivity contribution in [1.82, 2.24) is 15.2 Å². The minimum Gasteiger partial charge on any atom is -0.293 e. The molecule has 1 atom stereocenters. The quantitative estimate of drug-likeness (QED) is 0.552. The topological polar surface area (TPSA) is 58.6 Å². The molecule has 0 saturated carbocycles. The van der Waals surface area contributed by atoms with Crippen molar-refractivity contribution in [3.63, 3.8) is 0 Å². The van der Waals surface area contributed by atoms with Crippen molar-refractivity contribution >= 4 is 17.5 Å². The molecule has 0 fully saturated rings. The number of aromatic nitrogens is 3. The standard InChI is InChI=1S/C19H19N3OS/c1-12-9-10-13(2)16(11-12)17(23)14(3)24-19-20-18(21-22-19)15-7-5-4-6-8-15/h4-11,14H,1-3H3,(H,20,21,22)/t14-/m0/s1. The molecule has 0 spiro atoms. The minimum absolute atomic E-state index is 0.104. The summed E-state index contributed by atoms with van der Waals surface area (Å²) in [5.74, 6) is 0.816. The molecule has 3 rings (SSSR count). The van der Waals surface area contributed by atoms with Gasteiger partial charge in [-0.2, -0.15) is 0 Å². The van der Waals surface area contributed by atoms with Crippen LogP contribution in [-0.4, -0.2) is 26.2 Å². The van der Waals surface area contributed by atoms with Crippen molar-refractivity contribution in [2.24, 2.45) is 0 Å². The Labute approximate surface area is 145 Å². The lowest BCUT2D eigenvalue weighted by molar-refractivity contribution is 0.0993. The van der Waals surface area contributed by atoms with Crippen LogP contribution in [-0.2, 0) is 0 Å². The van der Waals surface area contributed by atoms with E-state index in [1.165, 1.54) is 11.8 Å². The average molecular weight is 337 g/mol. The predicted molar refractivity (Wildman–Crippen MR) is 97.4 cm³/mol. The Morgan fingerprint density at radius 2 is 1.88 bits per heavy atom. The summed E-state index contributed by atoms with van der Waals surface area (Å²) in [6.07, 6.45) is 0. The van der Waals surface area contributed by atoms with Crippen LogP contribution in [0.3, 0.4) is 0 Å². The number of nitrogens with one attached hydrogen (secondary N) is 1. The first-order valence-corrected chi connectivity index (χ1v) is 8.68. The molecule has 0 aliphatic rings. The summed E-state index contributed by atoms with van der Waals surface area (Å²) in [6.45, 7) is 5.85. The molecule has 2 aromatic carbocycles. The Kier molecular flexibility index (Phi) is 4.81. The fourth-order valence-corrected chi connectivity index (χ4v) is 3.25. The lowest BCUT2D eigenvalue weighted by Crippen LogP contribution is -2.15. The molecule has 4 nitrogen and oxygen atoms in total. The molecule has 1 aromatic heterocycles. The maximum absolute atomic E-state index is 12.7. The fourth-order valence-electron chi connectivity index (χ4n) is 2.46. The van der Waals surface area contributed by atoms with Crippen LogP contribution in [0.15, 0.2) is 53.7 Å². The molecule has 0 aliphatic heterocycles. The number of aryl methyl sites for hydroxylation is 2. The number of carbonyl (C=O) groups is 1. The lowest BCUT2D eigenvalue weighted by atomic mass is 10.0. The SMILES string of the molecule is Cc1ccc(C)c(C(=O)[C@H](C)Sc2n[nH]c(-c3ccccc3)n2)c1. The van der Waals surface area contributed by atoms with E-state index in [4.69, 9.17) is 0 Å². The molecule has 1 heterocycles. The van der Waals surface area contributed by atoms with Crippen molar-refractivity contribution in [2.45, 2.75) is 31.2 Å². The normalized spacial score (nSPS) is 12.1. The summed E-state index contributed by atoms with van der Waals surface area (Å²) >= 11 is 1.37. The molecule has 5 heteroatoms. The summed E-state index contributed by atoms with van der Waals surface area (Å²) in [6, 6.07) is 15.8. The monoisotopic (exact) mass is 337 g/mol. The molecule has 0 saturated heterocycles. The zero-order chi connectivity index (χ0) is 17.1. The van der Waals surface area contributed by atoms with Gasteiger partial charge in [-0.1, -0.05) is 59.8 Å². The summed E-state index contributed by atoms with van der Waals surface area (Å²) in [4.78, 5) is 17.2. The summed E-state index contributed by atoms with van der Waals surface area (Å²) in [5, 5.41) is 7.49. The van der Waals surface area contributed by atoms with Gasteiger partial charge in [-0.15, -0.1) is 5.10 Å². The van der Waals surface area contributed by atoms with Crippen LogP contribution in [0.1, 0.15) is 28.4 Å². The van der Waals surface area contributed by atoms with E-state index >= 15 is 0 Å². The molecule has 0 radical (unpaired) electrons. The number of thioether (sulfide) groups is 1. The number of Topliss-reactive ketones (excluding diaryl/α,β-unsaturated/α-hetero) is 1. The number of hydrogen-bond acceptors (Lipinski definition) is 4. The number of ketones is 1. The maximum Gasteiger partial charge on any atom is 0.209 e. The largest absolute Gasteiger partial charge is 0.293 e. The van der Waals surface area contributed by atoms with Gasteiger partial charge in [0.05, 0.1) is 5.25 Å². The Bertz CT molecular complexity index is 858. The van der Waals surface area contributed by atoms with Gasteiger partial charge >= 0.3 is 0 Å². The Morgan fingerprint density at radius 3 is 2.62 bits per heavy atom. The van der Waals surface area contributed by atoms with Crippen LogP contribution >= 0.6 is 11.8 Å². The highest BCUT2D eigenvalue weighted by molar-refractivity contribution is 8.00. The highest BCUT2D eigenvalue weighted by Gasteiger charge is 2.20. The van der Waals surface area contributed by atoms with Gasteiger partial charge in [0.1, 0.15) is 0 Å². The second-order valence-corrected chi connectivity index (χ2v) is 7.08.